The quantitative estimate of drug-likeness (QED) is 0.657. The van der Waals surface area contributed by atoms with Gasteiger partial charge < -0.3 is 5.32 Å². The van der Waals surface area contributed by atoms with E-state index in [4.69, 9.17) is 11.6 Å². The fraction of sp³-hybridized carbons (Fsp3) is 0.538. The molecule has 1 fully saturated rings. The van der Waals surface area contributed by atoms with Gasteiger partial charge in [0.2, 0.25) is 0 Å². The number of nitro benzene ring substituents is 1. The first-order chi connectivity index (χ1) is 9.51. The molecule has 0 bridgehead atoms. The number of thioether (sulfide) groups is 1. The summed E-state index contributed by atoms with van der Waals surface area (Å²) in [6.45, 7) is 0. The maximum absolute atomic E-state index is 13.5. The molecule has 1 aliphatic carbocycles. The molecule has 1 N–H and O–H groups in total. The van der Waals surface area contributed by atoms with Gasteiger partial charge in [0.05, 0.1) is 9.95 Å². The standard InChI is InChI=1S/C13H16ClFN2O2S/c1-20-9-4-2-3-8(5-9)16-12-7-11(15)10(14)6-13(12)17(18)19/h6-9,16H,2-5H2,1H3. The monoisotopic (exact) mass is 318 g/mol. The van der Waals surface area contributed by atoms with Crippen LogP contribution in [0.1, 0.15) is 25.7 Å². The lowest BCUT2D eigenvalue weighted by Gasteiger charge is -2.29. The van der Waals surface area contributed by atoms with E-state index in [1.54, 1.807) is 0 Å². The summed E-state index contributed by atoms with van der Waals surface area (Å²) in [5, 5.41) is 14.5. The highest BCUT2D eigenvalue weighted by molar-refractivity contribution is 7.99. The number of hydrogen-bond acceptors (Lipinski definition) is 4. The van der Waals surface area contributed by atoms with Crippen LogP contribution in [0.2, 0.25) is 5.02 Å². The summed E-state index contributed by atoms with van der Waals surface area (Å²) in [4.78, 5) is 10.5. The van der Waals surface area contributed by atoms with Crippen LogP contribution in [0.3, 0.4) is 0 Å². The normalized spacial score (nSPS) is 22.6. The smallest absolute Gasteiger partial charge is 0.294 e. The summed E-state index contributed by atoms with van der Waals surface area (Å²) in [7, 11) is 0. The van der Waals surface area contributed by atoms with Crippen molar-refractivity contribution in [1.82, 2.24) is 0 Å². The zero-order valence-electron chi connectivity index (χ0n) is 11.1. The number of halogens is 2. The van der Waals surface area contributed by atoms with Crippen molar-refractivity contribution in [1.29, 1.82) is 0 Å². The molecule has 1 aromatic rings. The van der Waals surface area contributed by atoms with Gasteiger partial charge in [-0.2, -0.15) is 11.8 Å². The molecule has 0 aromatic heterocycles. The molecule has 0 aliphatic heterocycles. The fourth-order valence-electron chi connectivity index (χ4n) is 2.51. The summed E-state index contributed by atoms with van der Waals surface area (Å²) < 4.78 is 13.5. The highest BCUT2D eigenvalue weighted by Gasteiger charge is 2.24. The Bertz CT molecular complexity index is 515. The Morgan fingerprint density at radius 1 is 1.50 bits per heavy atom. The lowest BCUT2D eigenvalue weighted by Crippen LogP contribution is -2.28. The first kappa shape index (κ1) is 15.4. The van der Waals surface area contributed by atoms with Crippen molar-refractivity contribution in [3.05, 3.63) is 33.1 Å². The molecule has 0 saturated heterocycles. The van der Waals surface area contributed by atoms with Crippen molar-refractivity contribution in [3.8, 4) is 0 Å². The number of rotatable bonds is 4. The summed E-state index contributed by atoms with van der Waals surface area (Å²) in [5.41, 5.74) is 0.0336. The van der Waals surface area contributed by atoms with Gasteiger partial charge in [-0.1, -0.05) is 18.0 Å². The van der Waals surface area contributed by atoms with Gasteiger partial charge in [-0.25, -0.2) is 4.39 Å². The molecule has 0 radical (unpaired) electrons. The first-order valence-electron chi connectivity index (χ1n) is 6.44. The minimum atomic E-state index is -0.642. The molecule has 1 aliphatic rings. The van der Waals surface area contributed by atoms with E-state index >= 15 is 0 Å². The average Bonchev–Trinajstić information content (AvgIpc) is 2.42. The van der Waals surface area contributed by atoms with Gasteiger partial charge in [-0.3, -0.25) is 10.1 Å². The van der Waals surface area contributed by atoms with E-state index in [1.165, 1.54) is 0 Å². The lowest BCUT2D eigenvalue weighted by molar-refractivity contribution is -0.384. The molecule has 110 valence electrons. The minimum absolute atomic E-state index is 0.139. The second-order valence-corrected chi connectivity index (χ2v) is 6.45. The first-order valence-corrected chi connectivity index (χ1v) is 8.10. The number of nitrogens with one attached hydrogen (secondary N) is 1. The number of nitro groups is 1. The lowest BCUT2D eigenvalue weighted by atomic mass is 9.94. The Morgan fingerprint density at radius 3 is 2.90 bits per heavy atom. The Kier molecular flexibility index (Phi) is 5.10. The topological polar surface area (TPSA) is 55.2 Å². The number of benzene rings is 1. The van der Waals surface area contributed by atoms with Gasteiger partial charge in [0.1, 0.15) is 11.5 Å². The van der Waals surface area contributed by atoms with Gasteiger partial charge in [0.25, 0.3) is 5.69 Å². The molecule has 0 spiro atoms. The molecular formula is C13H16ClFN2O2S. The SMILES string of the molecule is CSC1CCCC(Nc2cc(F)c(Cl)cc2[N+](=O)[O-])C1. The van der Waals surface area contributed by atoms with Crippen molar-refractivity contribution in [3.63, 3.8) is 0 Å². The third kappa shape index (κ3) is 3.55. The van der Waals surface area contributed by atoms with Crippen LogP contribution < -0.4 is 5.32 Å². The number of anilines is 1. The highest BCUT2D eigenvalue weighted by atomic mass is 35.5. The molecule has 4 nitrogen and oxygen atoms in total. The van der Waals surface area contributed by atoms with E-state index in [0.717, 1.165) is 37.8 Å². The predicted molar refractivity (Wildman–Crippen MR) is 81.2 cm³/mol. The molecule has 1 aromatic carbocycles. The van der Waals surface area contributed by atoms with E-state index in [1.807, 2.05) is 11.8 Å². The predicted octanol–water partition coefficient (Wildman–Crippen LogP) is 4.47. The van der Waals surface area contributed by atoms with Crippen LogP contribution in [0, 0.1) is 15.9 Å². The van der Waals surface area contributed by atoms with Crippen LogP contribution in [-0.4, -0.2) is 22.5 Å². The summed E-state index contributed by atoms with van der Waals surface area (Å²) in [5.74, 6) is -0.642. The Morgan fingerprint density at radius 2 is 2.25 bits per heavy atom. The van der Waals surface area contributed by atoms with Gasteiger partial charge >= 0.3 is 0 Å². The summed E-state index contributed by atoms with van der Waals surface area (Å²) >= 11 is 7.41. The summed E-state index contributed by atoms with van der Waals surface area (Å²) in [6.07, 6.45) is 6.18. The molecule has 2 unspecified atom stereocenters. The van der Waals surface area contributed by atoms with Crippen molar-refractivity contribution < 1.29 is 9.31 Å². The second-order valence-electron chi connectivity index (χ2n) is 4.91. The second kappa shape index (κ2) is 6.63. The molecule has 2 rings (SSSR count). The van der Waals surface area contributed by atoms with Crippen LogP contribution in [0.25, 0.3) is 0 Å². The highest BCUT2D eigenvalue weighted by Crippen LogP contribution is 2.34. The van der Waals surface area contributed by atoms with E-state index < -0.39 is 10.7 Å². The van der Waals surface area contributed by atoms with Crippen LogP contribution in [0.4, 0.5) is 15.8 Å². The molecular weight excluding hydrogens is 303 g/mol. The van der Waals surface area contributed by atoms with Gasteiger partial charge in [-0.15, -0.1) is 0 Å². The van der Waals surface area contributed by atoms with Gasteiger partial charge in [0.15, 0.2) is 0 Å². The Hall–Kier alpha value is -1.01. The Balaban J connectivity index is 2.19. The maximum Gasteiger partial charge on any atom is 0.294 e. The van der Waals surface area contributed by atoms with Crippen LogP contribution in [0.5, 0.6) is 0 Å². The number of nitrogens with zero attached hydrogens (tertiary/aromatic N) is 1. The average molecular weight is 319 g/mol. The molecule has 0 amide bonds. The molecule has 20 heavy (non-hydrogen) atoms. The molecule has 2 atom stereocenters. The zero-order valence-corrected chi connectivity index (χ0v) is 12.6. The maximum atomic E-state index is 13.5. The van der Waals surface area contributed by atoms with Crippen molar-refractivity contribution >= 4 is 34.7 Å². The van der Waals surface area contributed by atoms with E-state index in [0.29, 0.717) is 5.25 Å². The molecule has 7 heteroatoms. The van der Waals surface area contributed by atoms with Crippen molar-refractivity contribution in [2.24, 2.45) is 0 Å². The fourth-order valence-corrected chi connectivity index (χ4v) is 3.50. The zero-order chi connectivity index (χ0) is 14.7. The largest absolute Gasteiger partial charge is 0.377 e. The Labute approximate surface area is 126 Å². The van der Waals surface area contributed by atoms with Crippen LogP contribution in [0.15, 0.2) is 12.1 Å². The van der Waals surface area contributed by atoms with Crippen molar-refractivity contribution in [2.75, 3.05) is 11.6 Å². The van der Waals surface area contributed by atoms with E-state index in [9.17, 15) is 14.5 Å². The third-order valence-corrected chi connectivity index (χ3v) is 4.94. The van der Waals surface area contributed by atoms with Crippen molar-refractivity contribution in [2.45, 2.75) is 37.0 Å². The van der Waals surface area contributed by atoms with Crippen LogP contribution in [-0.2, 0) is 0 Å². The van der Waals surface area contributed by atoms with Gasteiger partial charge in [-0.05, 0) is 25.5 Å². The molecule has 0 heterocycles. The summed E-state index contributed by atoms with van der Waals surface area (Å²) in [6, 6.07) is 2.32. The molecule has 1 saturated carbocycles. The van der Waals surface area contributed by atoms with E-state index in [-0.39, 0.29) is 22.4 Å². The minimum Gasteiger partial charge on any atom is -0.377 e. The van der Waals surface area contributed by atoms with Gasteiger partial charge in [0, 0.05) is 23.4 Å². The number of hydrogen-bond donors (Lipinski definition) is 1. The third-order valence-electron chi connectivity index (χ3n) is 3.55. The van der Waals surface area contributed by atoms with E-state index in [2.05, 4.69) is 11.6 Å². The van der Waals surface area contributed by atoms with Crippen LogP contribution >= 0.6 is 23.4 Å².